The summed E-state index contributed by atoms with van der Waals surface area (Å²) in [5.41, 5.74) is -0.767. The van der Waals surface area contributed by atoms with E-state index in [9.17, 15) is 22.0 Å². The van der Waals surface area contributed by atoms with Crippen LogP contribution in [0.25, 0.3) is 11.4 Å². The number of aromatic nitrogens is 3. The van der Waals surface area contributed by atoms with E-state index < -0.39 is 28.9 Å². The van der Waals surface area contributed by atoms with Crippen molar-refractivity contribution in [2.24, 2.45) is 0 Å². The fraction of sp³-hybridized carbons (Fsp3) is 0.103. The largest absolute Gasteiger partial charge is 0.416 e. The Balaban J connectivity index is 1.72. The second kappa shape index (κ2) is 10.1. The van der Waals surface area contributed by atoms with Gasteiger partial charge in [0.25, 0.3) is 0 Å². The van der Waals surface area contributed by atoms with Gasteiger partial charge in [-0.05, 0) is 47.0 Å². The lowest BCUT2D eigenvalue weighted by atomic mass is 9.77. The molecule has 1 atom stereocenters. The van der Waals surface area contributed by atoms with Gasteiger partial charge in [-0.15, -0.1) is 10.2 Å². The highest BCUT2D eigenvalue weighted by atomic mass is 19.4. The van der Waals surface area contributed by atoms with Crippen molar-refractivity contribution < 1.29 is 22.0 Å². The average molecular weight is 521 g/mol. The predicted octanol–water partition coefficient (Wildman–Crippen LogP) is 7.37. The van der Waals surface area contributed by atoms with E-state index in [1.165, 1.54) is 24.3 Å². The molecule has 9 heteroatoms. The minimum absolute atomic E-state index is 0.0158. The summed E-state index contributed by atoms with van der Waals surface area (Å²) in [6, 6.07) is 25.9. The van der Waals surface area contributed by atoms with Gasteiger partial charge in [0, 0.05) is 12.0 Å². The first-order valence-corrected chi connectivity index (χ1v) is 11.7. The lowest BCUT2D eigenvalue weighted by Crippen LogP contribution is -2.40. The molecule has 0 fully saturated rings. The van der Waals surface area contributed by atoms with Gasteiger partial charge < -0.3 is 10.3 Å². The quantitative estimate of drug-likeness (QED) is 0.220. The number of aromatic amines is 1. The minimum Gasteiger partial charge on any atom is -0.340 e. The molecule has 0 aliphatic carbocycles. The molecule has 0 amide bonds. The second-order valence-corrected chi connectivity index (χ2v) is 8.81. The van der Waals surface area contributed by atoms with Crippen molar-refractivity contribution in [3.63, 3.8) is 0 Å². The van der Waals surface area contributed by atoms with E-state index in [2.05, 4.69) is 20.5 Å². The topological polar surface area (TPSA) is 53.6 Å². The molecule has 0 saturated carbocycles. The first-order chi connectivity index (χ1) is 18.2. The predicted molar refractivity (Wildman–Crippen MR) is 134 cm³/mol. The number of alkyl halides is 3. The average Bonchev–Trinajstić information content (AvgIpc) is 3.37. The van der Waals surface area contributed by atoms with Gasteiger partial charge in [-0.2, -0.15) is 13.2 Å². The van der Waals surface area contributed by atoms with Crippen LogP contribution in [-0.2, 0) is 18.1 Å². The Kier molecular flexibility index (Phi) is 6.67. The highest BCUT2D eigenvalue weighted by Gasteiger charge is 2.39. The number of hydrogen-bond acceptors (Lipinski definition) is 3. The van der Waals surface area contributed by atoms with Crippen LogP contribution in [-0.4, -0.2) is 15.2 Å². The highest BCUT2D eigenvalue weighted by molar-refractivity contribution is 5.57. The zero-order chi connectivity index (χ0) is 26.8. The van der Waals surface area contributed by atoms with Gasteiger partial charge in [-0.3, -0.25) is 0 Å². The zero-order valence-electron chi connectivity index (χ0n) is 19.8. The molecule has 0 aliphatic heterocycles. The molecule has 192 valence electrons. The number of anilines is 1. The van der Waals surface area contributed by atoms with Crippen LogP contribution in [0.3, 0.4) is 0 Å². The van der Waals surface area contributed by atoms with Crippen LogP contribution < -0.4 is 5.32 Å². The van der Waals surface area contributed by atoms with E-state index >= 15 is 0 Å². The standard InChI is InChI=1S/C29H21F5N4/c30-24-13-11-21(12-14-24)28(18-19-7-3-1-4-8-19,22-15-23(29(32,33)34)17-25(31)16-22)36-27-35-26(37-38-27)20-9-5-2-6-10-20/h1-17H,18H2,(H2,35,36,37,38)/t28-/m0/s1. The summed E-state index contributed by atoms with van der Waals surface area (Å²) in [5.74, 6) is -1.01. The van der Waals surface area contributed by atoms with Gasteiger partial charge >= 0.3 is 6.18 Å². The van der Waals surface area contributed by atoms with Crippen LogP contribution in [0, 0.1) is 11.6 Å². The number of rotatable bonds is 7. The van der Waals surface area contributed by atoms with Gasteiger partial charge in [0.1, 0.15) is 11.6 Å². The molecule has 2 N–H and O–H groups in total. The normalized spacial score (nSPS) is 13.2. The molecular formula is C29H21F5N4. The molecule has 5 rings (SSSR count). The maximum Gasteiger partial charge on any atom is 0.416 e. The summed E-state index contributed by atoms with van der Waals surface area (Å²) in [6.45, 7) is 0. The smallest absolute Gasteiger partial charge is 0.340 e. The summed E-state index contributed by atoms with van der Waals surface area (Å²) in [4.78, 5) is 3.06. The molecule has 0 radical (unpaired) electrons. The molecule has 4 aromatic carbocycles. The van der Waals surface area contributed by atoms with Crippen molar-refractivity contribution in [3.8, 4) is 11.4 Å². The number of nitrogens with one attached hydrogen (secondary N) is 2. The third-order valence-electron chi connectivity index (χ3n) is 6.23. The van der Waals surface area contributed by atoms with Crippen molar-refractivity contribution in [1.82, 2.24) is 15.2 Å². The van der Waals surface area contributed by atoms with E-state index in [-0.39, 0.29) is 17.9 Å². The minimum atomic E-state index is -4.79. The lowest BCUT2D eigenvalue weighted by Gasteiger charge is -2.36. The molecule has 4 nitrogen and oxygen atoms in total. The Morgan fingerprint density at radius 1 is 0.658 bits per heavy atom. The third kappa shape index (κ3) is 5.27. The Labute approximate surface area is 215 Å². The van der Waals surface area contributed by atoms with Crippen molar-refractivity contribution in [3.05, 3.63) is 137 Å². The molecule has 1 aromatic heterocycles. The lowest BCUT2D eigenvalue weighted by molar-refractivity contribution is -0.137. The van der Waals surface area contributed by atoms with Gasteiger partial charge in [0.15, 0.2) is 5.82 Å². The van der Waals surface area contributed by atoms with E-state index in [4.69, 9.17) is 0 Å². The molecular weight excluding hydrogens is 499 g/mol. The van der Waals surface area contributed by atoms with Gasteiger partial charge in [0.2, 0.25) is 5.95 Å². The SMILES string of the molecule is Fc1ccc([C@](Cc2ccccc2)(Nc2nnc(-c3ccccc3)[nH]2)c2cc(F)cc(C(F)(F)F)c2)cc1. The van der Waals surface area contributed by atoms with E-state index in [0.717, 1.165) is 23.3 Å². The summed E-state index contributed by atoms with van der Waals surface area (Å²) in [6.07, 6.45) is -4.70. The Morgan fingerprint density at radius 3 is 1.95 bits per heavy atom. The first-order valence-electron chi connectivity index (χ1n) is 11.7. The summed E-state index contributed by atoms with van der Waals surface area (Å²) < 4.78 is 70.0. The summed E-state index contributed by atoms with van der Waals surface area (Å²) >= 11 is 0. The first kappa shape index (κ1) is 25.1. The molecule has 0 saturated heterocycles. The summed E-state index contributed by atoms with van der Waals surface area (Å²) in [5, 5.41) is 11.5. The zero-order valence-corrected chi connectivity index (χ0v) is 19.8. The molecule has 38 heavy (non-hydrogen) atoms. The summed E-state index contributed by atoms with van der Waals surface area (Å²) in [7, 11) is 0. The number of hydrogen-bond donors (Lipinski definition) is 2. The van der Waals surface area contributed by atoms with E-state index in [0.29, 0.717) is 17.5 Å². The number of benzene rings is 4. The van der Waals surface area contributed by atoms with E-state index in [1.807, 2.05) is 36.4 Å². The van der Waals surface area contributed by atoms with Crippen molar-refractivity contribution in [2.75, 3.05) is 5.32 Å². The molecule has 0 unspecified atom stereocenters. The number of halogens is 5. The number of nitrogens with zero attached hydrogens (tertiary/aromatic N) is 2. The van der Waals surface area contributed by atoms with Gasteiger partial charge in [0.05, 0.1) is 11.1 Å². The van der Waals surface area contributed by atoms with E-state index in [1.54, 1.807) is 24.3 Å². The molecule has 0 bridgehead atoms. The fourth-order valence-electron chi connectivity index (χ4n) is 4.44. The Morgan fingerprint density at radius 2 is 1.29 bits per heavy atom. The molecule has 5 aromatic rings. The van der Waals surface area contributed by atoms with Gasteiger partial charge in [-0.25, -0.2) is 8.78 Å². The fourth-order valence-corrected chi connectivity index (χ4v) is 4.44. The van der Waals surface area contributed by atoms with Crippen molar-refractivity contribution >= 4 is 5.95 Å². The van der Waals surface area contributed by atoms with Crippen LogP contribution in [0.1, 0.15) is 22.3 Å². The van der Waals surface area contributed by atoms with Crippen molar-refractivity contribution in [2.45, 2.75) is 18.1 Å². The van der Waals surface area contributed by atoms with Crippen LogP contribution in [0.4, 0.5) is 27.9 Å². The Hall–Kier alpha value is -4.53. The monoisotopic (exact) mass is 520 g/mol. The molecule has 0 spiro atoms. The second-order valence-electron chi connectivity index (χ2n) is 8.81. The Bertz CT molecular complexity index is 1520. The number of H-pyrrole nitrogens is 1. The maximum atomic E-state index is 14.7. The maximum absolute atomic E-state index is 14.7. The van der Waals surface area contributed by atoms with Crippen LogP contribution in [0.5, 0.6) is 0 Å². The highest BCUT2D eigenvalue weighted by Crippen LogP contribution is 2.40. The van der Waals surface area contributed by atoms with Crippen LogP contribution >= 0.6 is 0 Å². The molecule has 0 aliphatic rings. The molecule has 1 heterocycles. The van der Waals surface area contributed by atoms with Crippen molar-refractivity contribution in [1.29, 1.82) is 0 Å². The third-order valence-corrected chi connectivity index (χ3v) is 6.23. The van der Waals surface area contributed by atoms with Crippen LogP contribution in [0.2, 0.25) is 0 Å². The van der Waals surface area contributed by atoms with Crippen LogP contribution in [0.15, 0.2) is 103 Å². The van der Waals surface area contributed by atoms with Gasteiger partial charge in [-0.1, -0.05) is 72.8 Å².